The van der Waals surface area contributed by atoms with Crippen molar-refractivity contribution < 1.29 is 21.4 Å². The molecule has 0 saturated carbocycles. The molecule has 1 aromatic carbocycles. The molecule has 0 bridgehead atoms. The van der Waals surface area contributed by atoms with Gasteiger partial charge in [0.2, 0.25) is 5.52 Å². The summed E-state index contributed by atoms with van der Waals surface area (Å²) in [7, 11) is -3.34. The standard InChI is InChI=1S/C11H13N2.FHO3S/c1-8-9(2)13(3)11-7-5-4-6-10(11)12-8;1-5(2,3)4/h4-7H,1-3H3;(H,2,3,4)/q+1;/p-1. The van der Waals surface area contributed by atoms with Gasteiger partial charge >= 0.3 is 0 Å². The molecule has 0 atom stereocenters. The zero-order valence-corrected chi connectivity index (χ0v) is 11.0. The van der Waals surface area contributed by atoms with Crippen molar-refractivity contribution in [2.24, 2.45) is 7.05 Å². The molecular weight excluding hydrogens is 259 g/mol. The Morgan fingerprint density at radius 3 is 2.33 bits per heavy atom. The highest BCUT2D eigenvalue weighted by Gasteiger charge is 2.11. The molecule has 2 rings (SSSR count). The largest absolute Gasteiger partial charge is 0.722 e. The molecule has 0 aliphatic rings. The van der Waals surface area contributed by atoms with E-state index in [1.165, 1.54) is 11.2 Å². The third-order valence-electron chi connectivity index (χ3n) is 2.56. The van der Waals surface area contributed by atoms with Crippen molar-refractivity contribution in [2.75, 3.05) is 0 Å². The maximum absolute atomic E-state index is 10.1. The number of hydrogen-bond acceptors (Lipinski definition) is 4. The van der Waals surface area contributed by atoms with Crippen LogP contribution >= 0.6 is 0 Å². The van der Waals surface area contributed by atoms with Gasteiger partial charge in [0.1, 0.15) is 18.3 Å². The predicted octanol–water partition coefficient (Wildman–Crippen LogP) is 1.09. The van der Waals surface area contributed by atoms with Gasteiger partial charge in [-0.3, -0.25) is 0 Å². The van der Waals surface area contributed by atoms with Crippen molar-refractivity contribution in [3.05, 3.63) is 35.7 Å². The number of aromatic nitrogens is 2. The van der Waals surface area contributed by atoms with Crippen molar-refractivity contribution >= 4 is 21.5 Å². The van der Waals surface area contributed by atoms with Crippen LogP contribution in [0.5, 0.6) is 0 Å². The zero-order valence-electron chi connectivity index (χ0n) is 10.2. The van der Waals surface area contributed by atoms with Gasteiger partial charge in [0.15, 0.2) is 5.69 Å². The smallest absolute Gasteiger partial charge is 0.255 e. The average Bonchev–Trinajstić information content (AvgIpc) is 2.24. The number of benzene rings is 1. The molecule has 18 heavy (non-hydrogen) atoms. The van der Waals surface area contributed by atoms with Crippen LogP contribution in [-0.4, -0.2) is 18.0 Å². The Morgan fingerprint density at radius 2 is 1.78 bits per heavy atom. The summed E-state index contributed by atoms with van der Waals surface area (Å²) in [5, 5.41) is 0. The Balaban J connectivity index is 0.000000280. The summed E-state index contributed by atoms with van der Waals surface area (Å²) >= 11 is 0. The average molecular weight is 272 g/mol. The van der Waals surface area contributed by atoms with Crippen molar-refractivity contribution in [3.63, 3.8) is 0 Å². The molecule has 98 valence electrons. The third kappa shape index (κ3) is 4.01. The summed E-state index contributed by atoms with van der Waals surface area (Å²) in [4.78, 5) is 4.52. The van der Waals surface area contributed by atoms with Crippen LogP contribution in [0.4, 0.5) is 3.89 Å². The second-order valence-electron chi connectivity index (χ2n) is 3.72. The molecule has 0 spiro atoms. The van der Waals surface area contributed by atoms with E-state index in [1.54, 1.807) is 0 Å². The number of para-hydroxylation sites is 2. The number of halogens is 1. The molecule has 0 radical (unpaired) electrons. The fourth-order valence-electron chi connectivity index (χ4n) is 1.53. The molecule has 1 heterocycles. The number of nitrogens with zero attached hydrogens (tertiary/aromatic N) is 2. The van der Waals surface area contributed by atoms with Crippen LogP contribution in [0.3, 0.4) is 0 Å². The SMILES string of the molecule is Cc1nc2ccccc2[n+](C)c1C.O=S(=O)([O-])F. The van der Waals surface area contributed by atoms with Gasteiger partial charge in [0.05, 0.1) is 0 Å². The van der Waals surface area contributed by atoms with Crippen molar-refractivity contribution in [3.8, 4) is 0 Å². The maximum Gasteiger partial charge on any atom is 0.255 e. The second-order valence-corrected chi connectivity index (χ2v) is 4.51. The molecule has 0 unspecified atom stereocenters. The van der Waals surface area contributed by atoms with Gasteiger partial charge in [-0.15, -0.1) is 3.89 Å². The number of hydrogen-bond donors (Lipinski definition) is 0. The highest BCUT2D eigenvalue weighted by Crippen LogP contribution is 2.08. The van der Waals surface area contributed by atoms with Gasteiger partial charge in [-0.25, -0.2) is 13.4 Å². The van der Waals surface area contributed by atoms with E-state index in [9.17, 15) is 3.89 Å². The lowest BCUT2D eigenvalue weighted by Gasteiger charge is -2.01. The van der Waals surface area contributed by atoms with Crippen LogP contribution in [0, 0.1) is 13.8 Å². The van der Waals surface area contributed by atoms with E-state index >= 15 is 0 Å². The third-order valence-corrected chi connectivity index (χ3v) is 2.56. The van der Waals surface area contributed by atoms with Crippen LogP contribution in [-0.2, 0) is 17.6 Å². The summed E-state index contributed by atoms with van der Waals surface area (Å²) in [5.41, 5.74) is 4.57. The Morgan fingerprint density at radius 1 is 1.28 bits per heavy atom. The van der Waals surface area contributed by atoms with E-state index in [0.717, 1.165) is 11.2 Å². The van der Waals surface area contributed by atoms with Gasteiger partial charge in [-0.05, 0) is 13.0 Å². The minimum absolute atomic E-state index is 1.06. The van der Waals surface area contributed by atoms with Crippen LogP contribution in [0.2, 0.25) is 0 Å². The Labute approximate surface area is 105 Å². The summed E-state index contributed by atoms with van der Waals surface area (Å²) in [6.45, 7) is 4.14. The van der Waals surface area contributed by atoms with Crippen molar-refractivity contribution in [1.29, 1.82) is 0 Å². The minimum atomic E-state index is -5.42. The van der Waals surface area contributed by atoms with Gasteiger partial charge in [0, 0.05) is 13.0 Å². The molecular formula is C11H13FN2O3S. The van der Waals surface area contributed by atoms with Gasteiger partial charge < -0.3 is 4.55 Å². The normalized spacial score (nSPS) is 10.9. The maximum atomic E-state index is 10.1. The first-order chi connectivity index (χ1) is 8.20. The molecule has 7 heteroatoms. The summed E-state index contributed by atoms with van der Waals surface area (Å²) in [5.74, 6) is 0. The Hall–Kier alpha value is -1.60. The van der Waals surface area contributed by atoms with Crippen LogP contribution in [0.25, 0.3) is 11.0 Å². The Bertz CT molecular complexity index is 663. The molecule has 5 nitrogen and oxygen atoms in total. The molecule has 0 aliphatic carbocycles. The first kappa shape index (κ1) is 14.5. The number of rotatable bonds is 0. The molecule has 1 aromatic heterocycles. The predicted molar refractivity (Wildman–Crippen MR) is 63.2 cm³/mol. The lowest BCUT2D eigenvalue weighted by atomic mass is 10.2. The summed E-state index contributed by atoms with van der Waals surface area (Å²) in [6, 6.07) is 8.19. The highest BCUT2D eigenvalue weighted by molar-refractivity contribution is 7.80. The molecule has 0 fully saturated rings. The first-order valence-corrected chi connectivity index (χ1v) is 6.38. The fourth-order valence-corrected chi connectivity index (χ4v) is 1.53. The molecule has 0 saturated heterocycles. The summed E-state index contributed by atoms with van der Waals surface area (Å²) in [6.07, 6.45) is 0. The topological polar surface area (TPSA) is 74.0 Å². The van der Waals surface area contributed by atoms with Crippen molar-refractivity contribution in [1.82, 2.24) is 4.98 Å². The Kier molecular flexibility index (Phi) is 4.31. The van der Waals surface area contributed by atoms with E-state index in [1.807, 2.05) is 25.1 Å². The van der Waals surface area contributed by atoms with Gasteiger partial charge in [-0.2, -0.15) is 4.57 Å². The number of fused-ring (bicyclic) bond motifs is 1. The zero-order chi connectivity index (χ0) is 13.9. The van der Waals surface area contributed by atoms with Crippen LogP contribution in [0.15, 0.2) is 24.3 Å². The van der Waals surface area contributed by atoms with Crippen LogP contribution in [0.1, 0.15) is 11.4 Å². The lowest BCUT2D eigenvalue weighted by Crippen LogP contribution is -2.34. The van der Waals surface area contributed by atoms with E-state index < -0.39 is 10.5 Å². The van der Waals surface area contributed by atoms with Crippen LogP contribution < -0.4 is 4.57 Å². The minimum Gasteiger partial charge on any atom is -0.722 e. The van der Waals surface area contributed by atoms with E-state index in [4.69, 9.17) is 13.0 Å². The van der Waals surface area contributed by atoms with Crippen molar-refractivity contribution in [2.45, 2.75) is 13.8 Å². The van der Waals surface area contributed by atoms with Gasteiger partial charge in [0.25, 0.3) is 10.5 Å². The molecule has 0 aliphatic heterocycles. The molecule has 0 N–H and O–H groups in total. The van der Waals surface area contributed by atoms with E-state index in [-0.39, 0.29) is 0 Å². The lowest BCUT2D eigenvalue weighted by molar-refractivity contribution is -0.652. The quantitative estimate of drug-likeness (QED) is 0.409. The van der Waals surface area contributed by atoms with Gasteiger partial charge in [-0.1, -0.05) is 12.1 Å². The monoisotopic (exact) mass is 272 g/mol. The molecule has 2 aromatic rings. The first-order valence-electron chi connectivity index (χ1n) is 5.07. The van der Waals surface area contributed by atoms with E-state index in [2.05, 4.69) is 29.6 Å². The number of aryl methyl sites for hydroxylation is 2. The second kappa shape index (κ2) is 5.36. The fraction of sp³-hybridized carbons (Fsp3) is 0.273. The highest BCUT2D eigenvalue weighted by atomic mass is 32.3. The summed E-state index contributed by atoms with van der Waals surface area (Å²) < 4.78 is 37.5. The molecule has 0 amide bonds. The van der Waals surface area contributed by atoms with E-state index in [0.29, 0.717) is 0 Å².